The van der Waals surface area contributed by atoms with E-state index in [-0.39, 0.29) is 17.7 Å². The van der Waals surface area contributed by atoms with E-state index in [9.17, 15) is 8.78 Å². The summed E-state index contributed by atoms with van der Waals surface area (Å²) in [5.41, 5.74) is 2.25. The monoisotopic (exact) mass is 261 g/mol. The van der Waals surface area contributed by atoms with E-state index in [2.05, 4.69) is 5.32 Å². The van der Waals surface area contributed by atoms with Crippen molar-refractivity contribution in [2.75, 3.05) is 6.54 Å². The molecular weight excluding hydrogens is 244 g/mol. The predicted molar refractivity (Wildman–Crippen MR) is 73.1 cm³/mol. The molecule has 3 heteroatoms. The second kappa shape index (κ2) is 5.93. The number of rotatable bonds is 4. The number of nitrogens with one attached hydrogen (secondary N) is 1. The van der Waals surface area contributed by atoms with Gasteiger partial charge in [0.25, 0.3) is 0 Å². The summed E-state index contributed by atoms with van der Waals surface area (Å²) >= 11 is 0. The Morgan fingerprint density at radius 3 is 2.47 bits per heavy atom. The van der Waals surface area contributed by atoms with Crippen LogP contribution < -0.4 is 5.32 Å². The van der Waals surface area contributed by atoms with Crippen molar-refractivity contribution in [3.8, 4) is 0 Å². The maximum absolute atomic E-state index is 13.9. The average Bonchev–Trinajstić information content (AvgIpc) is 2.40. The van der Waals surface area contributed by atoms with Crippen LogP contribution in [0.2, 0.25) is 0 Å². The first kappa shape index (κ1) is 13.7. The highest BCUT2D eigenvalue weighted by atomic mass is 19.1. The van der Waals surface area contributed by atoms with Gasteiger partial charge >= 0.3 is 0 Å². The van der Waals surface area contributed by atoms with Gasteiger partial charge in [0.2, 0.25) is 0 Å². The van der Waals surface area contributed by atoms with Crippen LogP contribution in [-0.4, -0.2) is 6.54 Å². The molecule has 1 nitrogen and oxygen atoms in total. The highest BCUT2D eigenvalue weighted by Gasteiger charge is 2.18. The van der Waals surface area contributed by atoms with Crippen molar-refractivity contribution in [3.63, 3.8) is 0 Å². The van der Waals surface area contributed by atoms with Gasteiger partial charge in [0.05, 0.1) is 6.04 Å². The van der Waals surface area contributed by atoms with Crippen molar-refractivity contribution in [2.45, 2.75) is 19.9 Å². The lowest BCUT2D eigenvalue weighted by Crippen LogP contribution is -2.23. The van der Waals surface area contributed by atoms with Gasteiger partial charge in [-0.3, -0.25) is 0 Å². The lowest BCUT2D eigenvalue weighted by Gasteiger charge is -2.21. The van der Waals surface area contributed by atoms with E-state index >= 15 is 0 Å². The molecule has 19 heavy (non-hydrogen) atoms. The fraction of sp³-hybridized carbons (Fsp3) is 0.250. The zero-order valence-corrected chi connectivity index (χ0v) is 11.1. The minimum Gasteiger partial charge on any atom is -0.306 e. The maximum Gasteiger partial charge on any atom is 0.128 e. The Bertz CT molecular complexity index is 566. The lowest BCUT2D eigenvalue weighted by molar-refractivity contribution is 0.553. The molecule has 0 bridgehead atoms. The molecule has 0 spiro atoms. The van der Waals surface area contributed by atoms with E-state index in [4.69, 9.17) is 0 Å². The van der Waals surface area contributed by atoms with Crippen LogP contribution in [0.15, 0.2) is 42.5 Å². The highest BCUT2D eigenvalue weighted by Crippen LogP contribution is 2.27. The molecule has 0 aromatic heterocycles. The first-order valence-electron chi connectivity index (χ1n) is 6.37. The van der Waals surface area contributed by atoms with E-state index < -0.39 is 0 Å². The van der Waals surface area contributed by atoms with E-state index in [0.29, 0.717) is 12.1 Å². The van der Waals surface area contributed by atoms with Crippen LogP contribution in [0.3, 0.4) is 0 Å². The molecule has 0 saturated carbocycles. The molecule has 1 atom stereocenters. The second-order valence-electron chi connectivity index (χ2n) is 4.51. The quantitative estimate of drug-likeness (QED) is 0.878. The van der Waals surface area contributed by atoms with Crippen LogP contribution in [0.4, 0.5) is 8.78 Å². The molecule has 2 rings (SSSR count). The molecule has 2 aromatic carbocycles. The first-order chi connectivity index (χ1) is 9.13. The lowest BCUT2D eigenvalue weighted by atomic mass is 9.94. The molecule has 0 amide bonds. The van der Waals surface area contributed by atoms with Crippen LogP contribution in [0.1, 0.15) is 29.7 Å². The van der Waals surface area contributed by atoms with Crippen molar-refractivity contribution in [2.24, 2.45) is 0 Å². The molecule has 0 aliphatic rings. The summed E-state index contributed by atoms with van der Waals surface area (Å²) in [5.74, 6) is -0.586. The Hall–Kier alpha value is -1.74. The van der Waals surface area contributed by atoms with Gasteiger partial charge in [-0.15, -0.1) is 0 Å². The molecule has 0 saturated heterocycles. The van der Waals surface area contributed by atoms with Crippen LogP contribution >= 0.6 is 0 Å². The van der Waals surface area contributed by atoms with Crippen molar-refractivity contribution >= 4 is 0 Å². The third-order valence-electron chi connectivity index (χ3n) is 3.18. The molecule has 0 heterocycles. The van der Waals surface area contributed by atoms with Gasteiger partial charge in [0.1, 0.15) is 11.6 Å². The number of hydrogen-bond acceptors (Lipinski definition) is 1. The first-order valence-corrected chi connectivity index (χ1v) is 6.37. The summed E-state index contributed by atoms with van der Waals surface area (Å²) in [6.45, 7) is 4.53. The summed E-state index contributed by atoms with van der Waals surface area (Å²) in [5, 5.41) is 3.22. The van der Waals surface area contributed by atoms with Crippen LogP contribution in [0.25, 0.3) is 0 Å². The molecule has 2 aromatic rings. The average molecular weight is 261 g/mol. The Morgan fingerprint density at radius 2 is 1.79 bits per heavy atom. The SMILES string of the molecule is CCNC(c1cc(F)ccc1C)c1ccccc1F. The smallest absolute Gasteiger partial charge is 0.128 e. The minimum absolute atomic E-state index is 0.280. The summed E-state index contributed by atoms with van der Waals surface area (Å²) < 4.78 is 27.4. The topological polar surface area (TPSA) is 12.0 Å². The number of benzene rings is 2. The van der Waals surface area contributed by atoms with Crippen molar-refractivity contribution in [3.05, 3.63) is 70.8 Å². The van der Waals surface area contributed by atoms with Gasteiger partial charge in [-0.05, 0) is 42.8 Å². The zero-order valence-electron chi connectivity index (χ0n) is 11.1. The number of halogens is 2. The fourth-order valence-electron chi connectivity index (χ4n) is 2.22. The van der Waals surface area contributed by atoms with E-state index in [1.807, 2.05) is 13.8 Å². The molecule has 0 aliphatic heterocycles. The van der Waals surface area contributed by atoms with Gasteiger partial charge in [-0.1, -0.05) is 31.2 Å². The summed E-state index contributed by atoms with van der Waals surface area (Å²) in [6.07, 6.45) is 0. The van der Waals surface area contributed by atoms with Gasteiger partial charge in [0.15, 0.2) is 0 Å². The third kappa shape index (κ3) is 2.99. The Morgan fingerprint density at radius 1 is 1.05 bits per heavy atom. The van der Waals surface area contributed by atoms with Gasteiger partial charge in [-0.25, -0.2) is 8.78 Å². The van der Waals surface area contributed by atoms with Crippen LogP contribution in [-0.2, 0) is 0 Å². The molecular formula is C16H17F2N. The van der Waals surface area contributed by atoms with Crippen LogP contribution in [0, 0.1) is 18.6 Å². The molecule has 0 radical (unpaired) electrons. The fourth-order valence-corrected chi connectivity index (χ4v) is 2.22. The Labute approximate surface area is 112 Å². The third-order valence-corrected chi connectivity index (χ3v) is 3.18. The maximum atomic E-state index is 13.9. The minimum atomic E-state index is -0.332. The van der Waals surface area contributed by atoms with Crippen molar-refractivity contribution < 1.29 is 8.78 Å². The van der Waals surface area contributed by atoms with E-state index in [1.165, 1.54) is 18.2 Å². The van der Waals surface area contributed by atoms with Crippen molar-refractivity contribution in [1.29, 1.82) is 0 Å². The normalized spacial score (nSPS) is 12.4. The van der Waals surface area contributed by atoms with Gasteiger partial charge < -0.3 is 5.32 Å². The standard InChI is InChI=1S/C16H17F2N/c1-3-19-16(13-6-4-5-7-15(13)18)14-10-12(17)9-8-11(14)2/h4-10,16,19H,3H2,1-2H3. The van der Waals surface area contributed by atoms with E-state index in [0.717, 1.165) is 11.1 Å². The Balaban J connectivity index is 2.51. The van der Waals surface area contributed by atoms with E-state index in [1.54, 1.807) is 24.3 Å². The van der Waals surface area contributed by atoms with Gasteiger partial charge in [-0.2, -0.15) is 0 Å². The summed E-state index contributed by atoms with van der Waals surface area (Å²) in [4.78, 5) is 0. The molecule has 0 aliphatic carbocycles. The summed E-state index contributed by atoms with van der Waals surface area (Å²) in [7, 11) is 0. The number of hydrogen-bond donors (Lipinski definition) is 1. The number of aryl methyl sites for hydroxylation is 1. The second-order valence-corrected chi connectivity index (χ2v) is 4.51. The molecule has 1 N–H and O–H groups in total. The summed E-state index contributed by atoms with van der Waals surface area (Å²) in [6, 6.07) is 10.9. The highest BCUT2D eigenvalue weighted by molar-refractivity contribution is 5.37. The van der Waals surface area contributed by atoms with Gasteiger partial charge in [0, 0.05) is 5.56 Å². The Kier molecular flexibility index (Phi) is 4.27. The zero-order chi connectivity index (χ0) is 13.8. The molecule has 1 unspecified atom stereocenters. The largest absolute Gasteiger partial charge is 0.306 e. The predicted octanol–water partition coefficient (Wildman–Crippen LogP) is 3.97. The molecule has 100 valence electrons. The van der Waals surface area contributed by atoms with Crippen LogP contribution in [0.5, 0.6) is 0 Å². The molecule has 0 fully saturated rings. The van der Waals surface area contributed by atoms with Crippen molar-refractivity contribution in [1.82, 2.24) is 5.32 Å².